The number of carbonyl (C=O) groups is 1. The highest BCUT2D eigenvalue weighted by molar-refractivity contribution is 5.98. The van der Waals surface area contributed by atoms with Crippen molar-refractivity contribution < 1.29 is 9.72 Å². The van der Waals surface area contributed by atoms with Crippen LogP contribution in [0.2, 0.25) is 0 Å². The maximum absolute atomic E-state index is 12.6. The summed E-state index contributed by atoms with van der Waals surface area (Å²) in [6.45, 7) is 2.45. The van der Waals surface area contributed by atoms with Crippen LogP contribution in [0, 0.1) is 10.1 Å². The van der Waals surface area contributed by atoms with Crippen molar-refractivity contribution in [3.8, 4) is 0 Å². The molecule has 0 spiro atoms. The van der Waals surface area contributed by atoms with Gasteiger partial charge in [0.15, 0.2) is 0 Å². The Hall–Kier alpha value is -2.96. The van der Waals surface area contributed by atoms with E-state index in [1.165, 1.54) is 12.1 Å². The number of nitrogens with zero attached hydrogens (tertiary/aromatic N) is 4. The Morgan fingerprint density at radius 3 is 2.35 bits per heavy atom. The van der Waals surface area contributed by atoms with E-state index in [1.54, 1.807) is 29.4 Å². The maximum atomic E-state index is 12.6. The van der Waals surface area contributed by atoms with E-state index in [0.29, 0.717) is 26.2 Å². The second-order valence-electron chi connectivity index (χ2n) is 5.26. The number of piperazine rings is 1. The summed E-state index contributed by atoms with van der Waals surface area (Å²) in [6.07, 6.45) is 3.47. The van der Waals surface area contributed by atoms with Crippen molar-refractivity contribution in [2.75, 3.05) is 31.1 Å². The molecule has 1 amide bonds. The number of anilines is 1. The molecular formula is C16H16N4O3. The molecule has 118 valence electrons. The summed E-state index contributed by atoms with van der Waals surface area (Å²) >= 11 is 0. The fourth-order valence-electron chi connectivity index (χ4n) is 2.71. The predicted molar refractivity (Wildman–Crippen MR) is 85.4 cm³/mol. The molecule has 2 heterocycles. The highest BCUT2D eigenvalue weighted by Crippen LogP contribution is 2.21. The average molecular weight is 312 g/mol. The van der Waals surface area contributed by atoms with Crippen LogP contribution in [0.4, 0.5) is 11.4 Å². The molecule has 1 aromatic carbocycles. The zero-order valence-corrected chi connectivity index (χ0v) is 12.5. The molecule has 0 radical (unpaired) electrons. The van der Waals surface area contributed by atoms with Crippen LogP contribution in [0.3, 0.4) is 0 Å². The monoisotopic (exact) mass is 312 g/mol. The van der Waals surface area contributed by atoms with Gasteiger partial charge in [-0.15, -0.1) is 0 Å². The molecule has 1 aliphatic heterocycles. The molecule has 1 fully saturated rings. The minimum absolute atomic E-state index is 0.144. The van der Waals surface area contributed by atoms with E-state index in [9.17, 15) is 14.9 Å². The summed E-state index contributed by atoms with van der Waals surface area (Å²) in [4.78, 5) is 30.9. The van der Waals surface area contributed by atoms with Gasteiger partial charge in [-0.3, -0.25) is 19.9 Å². The van der Waals surface area contributed by atoms with E-state index in [2.05, 4.69) is 9.88 Å². The Kier molecular flexibility index (Phi) is 4.18. The van der Waals surface area contributed by atoms with Crippen LogP contribution in [0.1, 0.15) is 10.4 Å². The second kappa shape index (κ2) is 6.43. The van der Waals surface area contributed by atoms with Gasteiger partial charge in [0.2, 0.25) is 0 Å². The van der Waals surface area contributed by atoms with E-state index >= 15 is 0 Å². The molecule has 0 atom stereocenters. The smallest absolute Gasteiger partial charge is 0.282 e. The molecule has 3 rings (SSSR count). The van der Waals surface area contributed by atoms with Gasteiger partial charge in [-0.05, 0) is 18.2 Å². The number of pyridine rings is 1. The minimum Gasteiger partial charge on any atom is -0.368 e. The summed E-state index contributed by atoms with van der Waals surface area (Å²) in [7, 11) is 0. The minimum atomic E-state index is -0.513. The van der Waals surface area contributed by atoms with Gasteiger partial charge in [0.25, 0.3) is 11.6 Å². The molecule has 7 heteroatoms. The molecule has 1 aromatic heterocycles. The highest BCUT2D eigenvalue weighted by Gasteiger charge is 2.27. The third-order valence-corrected chi connectivity index (χ3v) is 3.93. The van der Waals surface area contributed by atoms with Gasteiger partial charge in [0.05, 0.1) is 4.92 Å². The first-order chi connectivity index (χ1) is 11.2. The molecule has 0 saturated carbocycles. The lowest BCUT2D eigenvalue weighted by Gasteiger charge is -2.36. The first kappa shape index (κ1) is 15.0. The van der Waals surface area contributed by atoms with E-state index in [-0.39, 0.29) is 17.2 Å². The molecule has 0 unspecified atom stereocenters. The largest absolute Gasteiger partial charge is 0.368 e. The summed E-state index contributed by atoms with van der Waals surface area (Å²) in [6, 6.07) is 9.94. The van der Waals surface area contributed by atoms with Crippen LogP contribution in [0.15, 0.2) is 48.8 Å². The molecule has 0 aliphatic carbocycles. The van der Waals surface area contributed by atoms with Gasteiger partial charge in [-0.2, -0.15) is 0 Å². The van der Waals surface area contributed by atoms with Crippen LogP contribution in [-0.2, 0) is 0 Å². The Balaban J connectivity index is 1.71. The molecule has 2 aromatic rings. The third kappa shape index (κ3) is 3.13. The fourth-order valence-corrected chi connectivity index (χ4v) is 2.71. The first-order valence-corrected chi connectivity index (χ1v) is 7.34. The lowest BCUT2D eigenvalue weighted by molar-refractivity contribution is -0.385. The molecule has 23 heavy (non-hydrogen) atoms. The van der Waals surface area contributed by atoms with Gasteiger partial charge >= 0.3 is 0 Å². The zero-order chi connectivity index (χ0) is 16.2. The molecular weight excluding hydrogens is 296 g/mol. The molecule has 1 aliphatic rings. The number of para-hydroxylation sites is 1. The van der Waals surface area contributed by atoms with E-state index in [1.807, 2.05) is 12.1 Å². The van der Waals surface area contributed by atoms with Crippen molar-refractivity contribution in [1.29, 1.82) is 0 Å². The zero-order valence-electron chi connectivity index (χ0n) is 12.5. The van der Waals surface area contributed by atoms with Gasteiger partial charge in [-0.1, -0.05) is 12.1 Å². The quantitative estimate of drug-likeness (QED) is 0.639. The molecule has 1 saturated heterocycles. The molecule has 0 bridgehead atoms. The van der Waals surface area contributed by atoms with Crippen molar-refractivity contribution in [2.45, 2.75) is 0 Å². The van der Waals surface area contributed by atoms with Crippen molar-refractivity contribution in [2.24, 2.45) is 0 Å². The highest BCUT2D eigenvalue weighted by atomic mass is 16.6. The Morgan fingerprint density at radius 2 is 1.70 bits per heavy atom. The van der Waals surface area contributed by atoms with E-state index in [4.69, 9.17) is 0 Å². The van der Waals surface area contributed by atoms with Crippen LogP contribution < -0.4 is 4.90 Å². The normalized spacial score (nSPS) is 14.6. The van der Waals surface area contributed by atoms with Gasteiger partial charge in [-0.25, -0.2) is 0 Å². The fraction of sp³-hybridized carbons (Fsp3) is 0.250. The molecule has 7 nitrogen and oxygen atoms in total. The van der Waals surface area contributed by atoms with E-state index in [0.717, 1.165) is 5.69 Å². The number of rotatable bonds is 3. The SMILES string of the molecule is O=C(c1ccccc1[N+](=O)[O-])N1CCN(c2ccncc2)CC1. The number of hydrogen-bond donors (Lipinski definition) is 0. The summed E-state index contributed by atoms with van der Waals surface area (Å²) in [5, 5.41) is 11.1. The molecule has 0 N–H and O–H groups in total. The van der Waals surface area contributed by atoms with Crippen LogP contribution in [-0.4, -0.2) is 46.9 Å². The number of nitro benzene ring substituents is 1. The van der Waals surface area contributed by atoms with Crippen LogP contribution >= 0.6 is 0 Å². The van der Waals surface area contributed by atoms with Gasteiger partial charge < -0.3 is 9.80 Å². The topological polar surface area (TPSA) is 79.6 Å². The predicted octanol–water partition coefficient (Wildman–Crippen LogP) is 1.95. The maximum Gasteiger partial charge on any atom is 0.282 e. The summed E-state index contributed by atoms with van der Waals surface area (Å²) < 4.78 is 0. The Labute approximate surface area is 133 Å². The summed E-state index contributed by atoms with van der Waals surface area (Å²) in [5.41, 5.74) is 1.07. The van der Waals surface area contributed by atoms with Crippen LogP contribution in [0.5, 0.6) is 0 Å². The first-order valence-electron chi connectivity index (χ1n) is 7.34. The number of amides is 1. The van der Waals surface area contributed by atoms with Crippen molar-refractivity contribution >= 4 is 17.3 Å². The number of aromatic nitrogens is 1. The third-order valence-electron chi connectivity index (χ3n) is 3.93. The van der Waals surface area contributed by atoms with Crippen molar-refractivity contribution in [3.05, 3.63) is 64.5 Å². The number of hydrogen-bond acceptors (Lipinski definition) is 5. The number of nitro groups is 1. The Morgan fingerprint density at radius 1 is 1.04 bits per heavy atom. The average Bonchev–Trinajstić information content (AvgIpc) is 2.62. The Bertz CT molecular complexity index is 712. The standard InChI is InChI=1S/C16H16N4O3/c21-16(14-3-1-2-4-15(14)20(22)23)19-11-9-18(10-12-19)13-5-7-17-8-6-13/h1-8H,9-12H2. The number of benzene rings is 1. The second-order valence-corrected chi connectivity index (χ2v) is 5.26. The van der Waals surface area contributed by atoms with Gasteiger partial charge in [0.1, 0.15) is 5.56 Å². The van der Waals surface area contributed by atoms with Gasteiger partial charge in [0, 0.05) is 50.3 Å². The van der Waals surface area contributed by atoms with Crippen molar-refractivity contribution in [1.82, 2.24) is 9.88 Å². The lowest BCUT2D eigenvalue weighted by atomic mass is 10.1. The lowest BCUT2D eigenvalue weighted by Crippen LogP contribution is -2.48. The van der Waals surface area contributed by atoms with E-state index < -0.39 is 4.92 Å². The number of carbonyl (C=O) groups excluding carboxylic acids is 1. The van der Waals surface area contributed by atoms with Crippen LogP contribution in [0.25, 0.3) is 0 Å². The summed E-state index contributed by atoms with van der Waals surface area (Å²) in [5.74, 6) is -0.285. The van der Waals surface area contributed by atoms with Crippen molar-refractivity contribution in [3.63, 3.8) is 0 Å².